The first-order valence-corrected chi connectivity index (χ1v) is 5.07. The van der Waals surface area contributed by atoms with Gasteiger partial charge < -0.3 is 0 Å². The molecule has 1 aromatic carbocycles. The van der Waals surface area contributed by atoms with Crippen LogP contribution in [0.2, 0.25) is 0 Å². The maximum absolute atomic E-state index is 10.4. The summed E-state index contributed by atoms with van der Waals surface area (Å²) in [7, 11) is 0. The van der Waals surface area contributed by atoms with Crippen LogP contribution in [0.1, 0.15) is 0 Å². The number of nitrogens with zero attached hydrogens (tertiary/aromatic N) is 4. The third kappa shape index (κ3) is 3.08. The average molecular weight is 243 g/mol. The summed E-state index contributed by atoms with van der Waals surface area (Å²) < 4.78 is 0. The molecule has 0 spiro atoms. The van der Waals surface area contributed by atoms with Gasteiger partial charge in [-0.05, 0) is 24.3 Å². The van der Waals surface area contributed by atoms with Gasteiger partial charge in [0.2, 0.25) is 0 Å². The number of hydrogen-bond donors (Lipinski definition) is 1. The second-order valence-corrected chi connectivity index (χ2v) is 3.33. The van der Waals surface area contributed by atoms with Crippen LogP contribution in [0, 0.1) is 10.1 Å². The molecule has 90 valence electrons. The highest BCUT2D eigenvalue weighted by Gasteiger charge is 2.02. The van der Waals surface area contributed by atoms with Crippen LogP contribution in [-0.4, -0.2) is 9.91 Å². The predicted octanol–water partition coefficient (Wildman–Crippen LogP) is 3.10. The Kier molecular flexibility index (Phi) is 3.55. The fourth-order valence-electron chi connectivity index (χ4n) is 1.21. The van der Waals surface area contributed by atoms with E-state index in [-0.39, 0.29) is 5.69 Å². The van der Waals surface area contributed by atoms with Gasteiger partial charge in [-0.1, -0.05) is 5.22 Å². The number of nitro benzene ring substituents is 1. The van der Waals surface area contributed by atoms with E-state index in [2.05, 4.69) is 20.7 Å². The van der Waals surface area contributed by atoms with Crippen molar-refractivity contribution in [3.63, 3.8) is 0 Å². The van der Waals surface area contributed by atoms with Gasteiger partial charge in [0.25, 0.3) is 5.69 Å². The number of nitrogens with one attached hydrogen (secondary N) is 1. The second-order valence-electron chi connectivity index (χ2n) is 3.33. The monoisotopic (exact) mass is 243 g/mol. The fourth-order valence-corrected chi connectivity index (χ4v) is 1.21. The first-order chi connectivity index (χ1) is 8.75. The summed E-state index contributed by atoms with van der Waals surface area (Å²) in [4.78, 5) is 13.9. The fraction of sp³-hybridized carbons (Fsp3) is 0. The van der Waals surface area contributed by atoms with Gasteiger partial charge >= 0.3 is 0 Å². The molecule has 1 heterocycles. The van der Waals surface area contributed by atoms with Crippen molar-refractivity contribution in [1.82, 2.24) is 4.98 Å². The third-order valence-corrected chi connectivity index (χ3v) is 2.07. The van der Waals surface area contributed by atoms with Crippen molar-refractivity contribution in [1.29, 1.82) is 0 Å². The first-order valence-electron chi connectivity index (χ1n) is 5.07. The lowest BCUT2D eigenvalue weighted by atomic mass is 10.3. The molecule has 7 heteroatoms. The van der Waals surface area contributed by atoms with Gasteiger partial charge in [0, 0.05) is 18.3 Å². The van der Waals surface area contributed by atoms with E-state index in [0.29, 0.717) is 11.4 Å². The Morgan fingerprint density at radius 2 is 2.00 bits per heavy atom. The standard InChI is InChI=1S/C11H9N5O2/c17-16(18)11-5-3-9(4-6-11)13-15-14-10-2-1-7-12-8-10/h1-8H,(H,13,14). The number of non-ortho nitro benzene ring substituents is 1. The van der Waals surface area contributed by atoms with E-state index < -0.39 is 4.92 Å². The Morgan fingerprint density at radius 1 is 1.22 bits per heavy atom. The van der Waals surface area contributed by atoms with Gasteiger partial charge in [-0.15, -0.1) is 5.11 Å². The molecule has 0 aliphatic heterocycles. The molecule has 7 nitrogen and oxygen atoms in total. The maximum atomic E-state index is 10.4. The molecule has 1 aromatic heterocycles. The van der Waals surface area contributed by atoms with E-state index in [0.717, 1.165) is 0 Å². The molecule has 0 unspecified atom stereocenters. The van der Waals surface area contributed by atoms with Crippen molar-refractivity contribution < 1.29 is 4.92 Å². The molecule has 0 amide bonds. The number of anilines is 1. The summed E-state index contributed by atoms with van der Waals surface area (Å²) >= 11 is 0. The lowest BCUT2D eigenvalue weighted by Crippen LogP contribution is -1.87. The Labute approximate surface area is 102 Å². The number of nitro groups is 1. The normalized spacial score (nSPS) is 10.4. The minimum atomic E-state index is -0.463. The zero-order valence-electron chi connectivity index (χ0n) is 9.22. The summed E-state index contributed by atoms with van der Waals surface area (Å²) in [6, 6.07) is 9.35. The van der Waals surface area contributed by atoms with E-state index in [9.17, 15) is 10.1 Å². The molecule has 0 saturated heterocycles. The van der Waals surface area contributed by atoms with E-state index in [1.807, 2.05) is 0 Å². The van der Waals surface area contributed by atoms with Gasteiger partial charge in [0.15, 0.2) is 0 Å². The average Bonchev–Trinajstić information content (AvgIpc) is 2.40. The summed E-state index contributed by atoms with van der Waals surface area (Å²) in [5, 5.41) is 18.1. The van der Waals surface area contributed by atoms with Crippen molar-refractivity contribution in [2.75, 3.05) is 5.43 Å². The van der Waals surface area contributed by atoms with E-state index in [4.69, 9.17) is 0 Å². The Balaban J connectivity index is 1.99. The molecular weight excluding hydrogens is 234 g/mol. The number of rotatable bonds is 4. The van der Waals surface area contributed by atoms with Crippen molar-refractivity contribution >= 4 is 17.1 Å². The Bertz CT molecular complexity index is 553. The molecule has 2 aromatic rings. The lowest BCUT2D eigenvalue weighted by molar-refractivity contribution is -0.384. The maximum Gasteiger partial charge on any atom is 0.269 e. The molecular formula is C11H9N5O2. The highest BCUT2D eigenvalue weighted by Crippen LogP contribution is 2.18. The van der Waals surface area contributed by atoms with Gasteiger partial charge in [-0.2, -0.15) is 0 Å². The summed E-state index contributed by atoms with van der Waals surface area (Å²) in [6.45, 7) is 0. The molecule has 0 saturated carbocycles. The molecule has 0 bridgehead atoms. The van der Waals surface area contributed by atoms with Crippen LogP contribution in [0.4, 0.5) is 17.1 Å². The zero-order chi connectivity index (χ0) is 12.8. The minimum Gasteiger partial charge on any atom is -0.263 e. The number of benzene rings is 1. The van der Waals surface area contributed by atoms with Crippen LogP contribution in [0.5, 0.6) is 0 Å². The highest BCUT2D eigenvalue weighted by atomic mass is 16.6. The van der Waals surface area contributed by atoms with Crippen LogP contribution < -0.4 is 5.43 Å². The third-order valence-electron chi connectivity index (χ3n) is 2.07. The SMILES string of the molecule is O=[N+]([O-])c1ccc(N=NNc2cccnc2)cc1. The van der Waals surface area contributed by atoms with Crippen LogP contribution in [0.3, 0.4) is 0 Å². The molecule has 0 aliphatic rings. The topological polar surface area (TPSA) is 92.8 Å². The molecule has 0 atom stereocenters. The van der Waals surface area contributed by atoms with Gasteiger partial charge in [-0.3, -0.25) is 20.5 Å². The first kappa shape index (κ1) is 11.6. The summed E-state index contributed by atoms with van der Waals surface area (Å²) in [5.74, 6) is 0. The molecule has 18 heavy (non-hydrogen) atoms. The minimum absolute atomic E-state index is 0.0224. The predicted molar refractivity (Wildman–Crippen MR) is 65.5 cm³/mol. The van der Waals surface area contributed by atoms with Crippen LogP contribution in [0.25, 0.3) is 0 Å². The quantitative estimate of drug-likeness (QED) is 0.507. The van der Waals surface area contributed by atoms with E-state index >= 15 is 0 Å². The van der Waals surface area contributed by atoms with Crippen LogP contribution >= 0.6 is 0 Å². The number of pyridine rings is 1. The largest absolute Gasteiger partial charge is 0.269 e. The number of hydrogen-bond acceptors (Lipinski definition) is 5. The zero-order valence-corrected chi connectivity index (χ0v) is 9.22. The Morgan fingerprint density at radius 3 is 2.61 bits per heavy atom. The van der Waals surface area contributed by atoms with Crippen LogP contribution in [0.15, 0.2) is 59.1 Å². The molecule has 2 rings (SSSR count). The van der Waals surface area contributed by atoms with Gasteiger partial charge in [0.05, 0.1) is 22.5 Å². The Hall–Kier alpha value is -2.83. The molecule has 0 fully saturated rings. The van der Waals surface area contributed by atoms with E-state index in [1.165, 1.54) is 24.3 Å². The summed E-state index contributed by atoms with van der Waals surface area (Å²) in [6.07, 6.45) is 3.26. The van der Waals surface area contributed by atoms with Gasteiger partial charge in [-0.25, -0.2) is 0 Å². The van der Waals surface area contributed by atoms with Crippen molar-refractivity contribution in [3.8, 4) is 0 Å². The van der Waals surface area contributed by atoms with Crippen molar-refractivity contribution in [2.45, 2.75) is 0 Å². The van der Waals surface area contributed by atoms with E-state index in [1.54, 1.807) is 24.5 Å². The lowest BCUT2D eigenvalue weighted by Gasteiger charge is -1.96. The smallest absolute Gasteiger partial charge is 0.263 e. The second kappa shape index (κ2) is 5.48. The van der Waals surface area contributed by atoms with Crippen LogP contribution in [-0.2, 0) is 0 Å². The summed E-state index contributed by atoms with van der Waals surface area (Å²) in [5.41, 5.74) is 3.95. The molecule has 0 radical (unpaired) electrons. The highest BCUT2D eigenvalue weighted by molar-refractivity contribution is 5.44. The number of aromatic nitrogens is 1. The molecule has 0 aliphatic carbocycles. The van der Waals surface area contributed by atoms with Crippen molar-refractivity contribution in [2.24, 2.45) is 10.3 Å². The molecule has 1 N–H and O–H groups in total. The van der Waals surface area contributed by atoms with Crippen molar-refractivity contribution in [3.05, 3.63) is 58.9 Å². The van der Waals surface area contributed by atoms with Gasteiger partial charge in [0.1, 0.15) is 0 Å².